The van der Waals surface area contributed by atoms with Crippen molar-refractivity contribution in [3.63, 3.8) is 0 Å². The molecule has 0 saturated carbocycles. The average molecular weight is 451 g/mol. The molecule has 162 valence electrons. The number of benzene rings is 2. The van der Waals surface area contributed by atoms with Crippen LogP contribution >= 0.6 is 23.2 Å². The normalized spacial score (nSPS) is 11.6. The average Bonchev–Trinajstić information content (AvgIpc) is 2.71. The predicted octanol–water partition coefficient (Wildman–Crippen LogP) is 5.01. The van der Waals surface area contributed by atoms with Crippen molar-refractivity contribution in [1.82, 2.24) is 10.2 Å². The maximum absolute atomic E-state index is 13.0. The molecule has 5 nitrogen and oxygen atoms in total. The van der Waals surface area contributed by atoms with E-state index in [1.807, 2.05) is 32.0 Å². The molecule has 0 aromatic heterocycles. The van der Waals surface area contributed by atoms with Gasteiger partial charge in [-0.15, -0.1) is 0 Å². The van der Waals surface area contributed by atoms with Gasteiger partial charge in [0.05, 0.1) is 0 Å². The van der Waals surface area contributed by atoms with E-state index in [0.717, 1.165) is 18.4 Å². The van der Waals surface area contributed by atoms with Crippen molar-refractivity contribution in [2.45, 2.75) is 46.2 Å². The van der Waals surface area contributed by atoms with Gasteiger partial charge in [-0.05, 0) is 50.1 Å². The molecule has 0 spiro atoms. The Morgan fingerprint density at radius 1 is 1.13 bits per heavy atom. The molecule has 1 N–H and O–H groups in total. The van der Waals surface area contributed by atoms with E-state index in [9.17, 15) is 9.59 Å². The van der Waals surface area contributed by atoms with Crippen molar-refractivity contribution in [1.29, 1.82) is 0 Å². The molecule has 0 fully saturated rings. The van der Waals surface area contributed by atoms with E-state index in [0.29, 0.717) is 27.9 Å². The molecular weight excluding hydrogens is 423 g/mol. The molecule has 2 aromatic rings. The lowest BCUT2D eigenvalue weighted by atomic mass is 10.1. The molecule has 0 aliphatic heterocycles. The first-order valence-corrected chi connectivity index (χ1v) is 10.8. The highest BCUT2D eigenvalue weighted by Crippen LogP contribution is 2.26. The van der Waals surface area contributed by atoms with Gasteiger partial charge in [-0.25, -0.2) is 0 Å². The summed E-state index contributed by atoms with van der Waals surface area (Å²) < 4.78 is 5.67. The second-order valence-corrected chi connectivity index (χ2v) is 7.96. The quantitative estimate of drug-likeness (QED) is 0.517. The molecule has 7 heteroatoms. The Kier molecular flexibility index (Phi) is 9.47. The molecule has 0 aliphatic carbocycles. The largest absolute Gasteiger partial charge is 0.484 e. The number of nitrogens with one attached hydrogen (secondary N) is 1. The van der Waals surface area contributed by atoms with Crippen LogP contribution in [0.25, 0.3) is 0 Å². The van der Waals surface area contributed by atoms with Gasteiger partial charge in [0.15, 0.2) is 6.61 Å². The Labute approximate surface area is 188 Å². The van der Waals surface area contributed by atoms with E-state index in [2.05, 4.69) is 5.32 Å². The van der Waals surface area contributed by atoms with Crippen molar-refractivity contribution >= 4 is 35.0 Å². The molecule has 0 saturated heterocycles. The number of unbranched alkanes of at least 4 members (excludes halogenated alkanes) is 1. The lowest BCUT2D eigenvalue weighted by molar-refractivity contribution is -0.142. The van der Waals surface area contributed by atoms with Crippen molar-refractivity contribution in [3.8, 4) is 5.75 Å². The zero-order valence-corrected chi connectivity index (χ0v) is 19.1. The second-order valence-electron chi connectivity index (χ2n) is 7.15. The molecule has 1 unspecified atom stereocenters. The third-order valence-corrected chi connectivity index (χ3v) is 5.45. The smallest absolute Gasteiger partial charge is 0.261 e. The Balaban J connectivity index is 2.18. The number of rotatable bonds is 10. The van der Waals surface area contributed by atoms with Gasteiger partial charge >= 0.3 is 0 Å². The van der Waals surface area contributed by atoms with Crippen LogP contribution in [-0.2, 0) is 16.1 Å². The lowest BCUT2D eigenvalue weighted by Crippen LogP contribution is -2.49. The minimum absolute atomic E-state index is 0.108. The highest BCUT2D eigenvalue weighted by atomic mass is 35.5. The van der Waals surface area contributed by atoms with E-state index in [-0.39, 0.29) is 25.0 Å². The standard InChI is InChI=1S/C23H28Cl2N2O3/c1-4-5-12-26-23(29)17(3)27(14-19-20(24)10-7-11-21(19)25)22(28)15-30-18-9-6-8-16(2)13-18/h6-11,13,17H,4-5,12,14-15H2,1-3H3,(H,26,29). The van der Waals surface area contributed by atoms with Gasteiger partial charge in [0.2, 0.25) is 5.91 Å². The van der Waals surface area contributed by atoms with E-state index >= 15 is 0 Å². The van der Waals surface area contributed by atoms with Gasteiger partial charge in [-0.3, -0.25) is 9.59 Å². The van der Waals surface area contributed by atoms with Gasteiger partial charge in [0.25, 0.3) is 5.91 Å². The number of carbonyl (C=O) groups excluding carboxylic acids is 2. The molecule has 1 atom stereocenters. The van der Waals surface area contributed by atoms with Crippen LogP contribution in [0.3, 0.4) is 0 Å². The van der Waals surface area contributed by atoms with Crippen LogP contribution in [0.5, 0.6) is 5.75 Å². The molecule has 0 bridgehead atoms. The van der Waals surface area contributed by atoms with Crippen molar-refractivity contribution in [2.75, 3.05) is 13.2 Å². The summed E-state index contributed by atoms with van der Waals surface area (Å²) in [6, 6.07) is 11.9. The lowest BCUT2D eigenvalue weighted by Gasteiger charge is -2.29. The molecule has 2 aromatic carbocycles. The Hall–Kier alpha value is -2.24. The summed E-state index contributed by atoms with van der Waals surface area (Å²) in [4.78, 5) is 27.1. The zero-order chi connectivity index (χ0) is 22.1. The van der Waals surface area contributed by atoms with Crippen molar-refractivity contribution in [3.05, 3.63) is 63.6 Å². The highest BCUT2D eigenvalue weighted by molar-refractivity contribution is 6.36. The molecule has 0 heterocycles. The van der Waals surface area contributed by atoms with Gasteiger partial charge in [0.1, 0.15) is 11.8 Å². The van der Waals surface area contributed by atoms with Crippen LogP contribution in [0.4, 0.5) is 0 Å². The number of carbonyl (C=O) groups is 2. The fourth-order valence-electron chi connectivity index (χ4n) is 2.91. The fraction of sp³-hybridized carbons (Fsp3) is 0.391. The molecule has 2 rings (SSSR count). The van der Waals surface area contributed by atoms with E-state index in [1.165, 1.54) is 4.90 Å². The summed E-state index contributed by atoms with van der Waals surface area (Å²) in [5.74, 6) is 0.0419. The van der Waals surface area contributed by atoms with E-state index < -0.39 is 6.04 Å². The number of halogens is 2. The van der Waals surface area contributed by atoms with Crippen LogP contribution < -0.4 is 10.1 Å². The Morgan fingerprint density at radius 2 is 1.80 bits per heavy atom. The first kappa shape index (κ1) is 24.0. The van der Waals surface area contributed by atoms with Crippen molar-refractivity contribution in [2.24, 2.45) is 0 Å². The molecule has 30 heavy (non-hydrogen) atoms. The summed E-state index contributed by atoms with van der Waals surface area (Å²) in [5, 5.41) is 3.76. The number of hydrogen-bond acceptors (Lipinski definition) is 3. The summed E-state index contributed by atoms with van der Waals surface area (Å²) >= 11 is 12.6. The minimum Gasteiger partial charge on any atom is -0.484 e. The second kappa shape index (κ2) is 11.8. The maximum Gasteiger partial charge on any atom is 0.261 e. The van der Waals surface area contributed by atoms with E-state index in [4.69, 9.17) is 27.9 Å². The van der Waals surface area contributed by atoms with Gasteiger partial charge in [-0.1, -0.05) is 54.7 Å². The van der Waals surface area contributed by atoms with Gasteiger partial charge in [-0.2, -0.15) is 0 Å². The molecule has 0 radical (unpaired) electrons. The van der Waals surface area contributed by atoms with Crippen LogP contribution in [-0.4, -0.2) is 35.9 Å². The Morgan fingerprint density at radius 3 is 2.43 bits per heavy atom. The summed E-state index contributed by atoms with van der Waals surface area (Å²) in [5.41, 5.74) is 1.63. The topological polar surface area (TPSA) is 58.6 Å². The van der Waals surface area contributed by atoms with Gasteiger partial charge in [0, 0.05) is 28.7 Å². The van der Waals surface area contributed by atoms with Crippen LogP contribution in [0, 0.1) is 6.92 Å². The van der Waals surface area contributed by atoms with Crippen molar-refractivity contribution < 1.29 is 14.3 Å². The first-order valence-electron chi connectivity index (χ1n) is 10.0. The van der Waals surface area contributed by atoms with Crippen LogP contribution in [0.2, 0.25) is 10.0 Å². The minimum atomic E-state index is -0.706. The SMILES string of the molecule is CCCCNC(=O)C(C)N(Cc1c(Cl)cccc1Cl)C(=O)COc1cccc(C)c1. The maximum atomic E-state index is 13.0. The molecular formula is C23H28Cl2N2O3. The third kappa shape index (κ3) is 6.92. The predicted molar refractivity (Wildman–Crippen MR) is 121 cm³/mol. The number of ether oxygens (including phenoxy) is 1. The van der Waals surface area contributed by atoms with Crippen LogP contribution in [0.15, 0.2) is 42.5 Å². The summed E-state index contributed by atoms with van der Waals surface area (Å²) in [6.07, 6.45) is 1.84. The number of nitrogens with zero attached hydrogens (tertiary/aromatic N) is 1. The summed E-state index contributed by atoms with van der Waals surface area (Å²) in [6.45, 7) is 6.16. The Bertz CT molecular complexity index is 853. The van der Waals surface area contributed by atoms with E-state index in [1.54, 1.807) is 31.2 Å². The fourth-order valence-corrected chi connectivity index (χ4v) is 3.42. The number of amides is 2. The van der Waals surface area contributed by atoms with Gasteiger partial charge < -0.3 is 15.0 Å². The number of aryl methyl sites for hydroxylation is 1. The molecule has 2 amide bonds. The summed E-state index contributed by atoms with van der Waals surface area (Å²) in [7, 11) is 0. The number of hydrogen-bond donors (Lipinski definition) is 1. The monoisotopic (exact) mass is 450 g/mol. The highest BCUT2D eigenvalue weighted by Gasteiger charge is 2.27. The first-order chi connectivity index (χ1) is 14.3. The van der Waals surface area contributed by atoms with Crippen LogP contribution in [0.1, 0.15) is 37.8 Å². The zero-order valence-electron chi connectivity index (χ0n) is 17.6. The molecule has 0 aliphatic rings. The third-order valence-electron chi connectivity index (χ3n) is 4.74.